The average molecular weight is 504 g/mol. The van der Waals surface area contributed by atoms with Crippen molar-refractivity contribution in [3.63, 3.8) is 0 Å². The zero-order chi connectivity index (χ0) is 26.1. The number of fused-ring (bicyclic) bond motifs is 2. The lowest BCUT2D eigenvalue weighted by Crippen LogP contribution is -2.37. The van der Waals surface area contributed by atoms with Crippen LogP contribution in [0.5, 0.6) is 5.75 Å². The van der Waals surface area contributed by atoms with E-state index < -0.39 is 11.7 Å². The van der Waals surface area contributed by atoms with E-state index in [0.29, 0.717) is 34.9 Å². The van der Waals surface area contributed by atoms with Crippen LogP contribution in [-0.4, -0.2) is 45.5 Å². The van der Waals surface area contributed by atoms with E-state index in [1.807, 2.05) is 0 Å². The smallest absolute Gasteiger partial charge is 0.253 e. The summed E-state index contributed by atoms with van der Waals surface area (Å²) < 4.78 is 20.0. The fraction of sp³-hybridized carbons (Fsp3) is 0.296. The number of rotatable bonds is 8. The van der Waals surface area contributed by atoms with Gasteiger partial charge in [0.1, 0.15) is 23.2 Å². The highest BCUT2D eigenvalue weighted by molar-refractivity contribution is 5.99. The maximum absolute atomic E-state index is 14.3. The van der Waals surface area contributed by atoms with Crippen LogP contribution in [0.15, 0.2) is 42.6 Å². The minimum Gasteiger partial charge on any atom is -0.495 e. The highest BCUT2D eigenvalue weighted by atomic mass is 19.1. The molecular formula is C27H30FN7O2. The van der Waals surface area contributed by atoms with Crippen molar-refractivity contribution >= 4 is 29.0 Å². The second-order valence-corrected chi connectivity index (χ2v) is 9.22. The number of nitrogens with zero attached hydrogens (tertiary/aromatic N) is 3. The van der Waals surface area contributed by atoms with E-state index in [1.54, 1.807) is 25.4 Å². The number of anilines is 4. The third kappa shape index (κ3) is 4.79. The second kappa shape index (κ2) is 10.1. The van der Waals surface area contributed by atoms with Gasteiger partial charge in [-0.15, -0.1) is 0 Å². The lowest BCUT2D eigenvalue weighted by molar-refractivity contribution is 0.0997. The normalized spacial score (nSPS) is 14.3. The summed E-state index contributed by atoms with van der Waals surface area (Å²) in [5, 5.41) is 6.40. The van der Waals surface area contributed by atoms with Crippen LogP contribution in [0.1, 0.15) is 41.8 Å². The summed E-state index contributed by atoms with van der Waals surface area (Å²) in [7, 11) is 1.64. The van der Waals surface area contributed by atoms with Crippen LogP contribution in [0.2, 0.25) is 0 Å². The molecule has 37 heavy (non-hydrogen) atoms. The quantitative estimate of drug-likeness (QED) is 0.273. The molecular weight excluding hydrogens is 473 g/mol. The maximum atomic E-state index is 14.3. The molecule has 2 aromatic carbocycles. The van der Waals surface area contributed by atoms with Crippen molar-refractivity contribution in [2.75, 3.05) is 24.3 Å². The molecule has 5 rings (SSSR count). The molecule has 0 saturated carbocycles. The molecule has 3 heterocycles. The number of methoxy groups -OCH3 is 1. The third-order valence-corrected chi connectivity index (χ3v) is 6.96. The van der Waals surface area contributed by atoms with Crippen LogP contribution in [0.3, 0.4) is 0 Å². The number of nitrogens with one attached hydrogen (secondary N) is 3. The Balaban J connectivity index is 1.50. The minimum atomic E-state index is -0.872. The zero-order valence-electron chi connectivity index (χ0n) is 21.1. The highest BCUT2D eigenvalue weighted by Gasteiger charge is 2.23. The summed E-state index contributed by atoms with van der Waals surface area (Å²) in [6.45, 7) is 6.35. The van der Waals surface area contributed by atoms with E-state index in [2.05, 4.69) is 56.5 Å². The van der Waals surface area contributed by atoms with Gasteiger partial charge in [0.2, 0.25) is 5.95 Å². The number of ether oxygens (including phenoxy) is 1. The highest BCUT2D eigenvalue weighted by Crippen LogP contribution is 2.36. The average Bonchev–Trinajstić information content (AvgIpc) is 3.36. The van der Waals surface area contributed by atoms with Gasteiger partial charge in [-0.2, -0.15) is 4.98 Å². The molecule has 0 aromatic heterocycles. The van der Waals surface area contributed by atoms with Gasteiger partial charge in [0.05, 0.1) is 29.6 Å². The first kappa shape index (κ1) is 24.5. The minimum absolute atomic E-state index is 0.219. The SMILES string of the molecule is CCC(C)N1CCc2cc(OC)c(Nc3nc(Nc4cccc(F)c4C(N)=O)c4ccnc-4[nH]3)cc2C1. The fourth-order valence-corrected chi connectivity index (χ4v) is 4.74. The Hall–Kier alpha value is -4.18. The maximum Gasteiger partial charge on any atom is 0.253 e. The number of aromatic nitrogens is 3. The van der Waals surface area contributed by atoms with Crippen LogP contribution in [0, 0.1) is 5.82 Å². The van der Waals surface area contributed by atoms with Gasteiger partial charge in [0.15, 0.2) is 0 Å². The van der Waals surface area contributed by atoms with Crippen LogP contribution in [0.25, 0.3) is 11.4 Å². The number of H-pyrrole nitrogens is 1. The summed E-state index contributed by atoms with van der Waals surface area (Å²) >= 11 is 0. The van der Waals surface area contributed by atoms with Crippen LogP contribution in [-0.2, 0) is 13.0 Å². The van der Waals surface area contributed by atoms with Crippen molar-refractivity contribution in [3.8, 4) is 17.1 Å². The van der Waals surface area contributed by atoms with E-state index >= 15 is 0 Å². The number of benzene rings is 2. The molecule has 3 aliphatic rings. The molecule has 0 saturated heterocycles. The molecule has 9 nitrogen and oxygen atoms in total. The predicted octanol–water partition coefficient (Wildman–Crippen LogP) is 4.80. The van der Waals surface area contributed by atoms with Crippen LogP contribution in [0.4, 0.5) is 27.5 Å². The van der Waals surface area contributed by atoms with Crippen molar-refractivity contribution in [2.24, 2.45) is 5.73 Å². The van der Waals surface area contributed by atoms with E-state index in [1.165, 1.54) is 23.3 Å². The van der Waals surface area contributed by atoms with Crippen molar-refractivity contribution in [3.05, 3.63) is 65.1 Å². The lowest BCUT2D eigenvalue weighted by atomic mass is 9.97. The number of hydrogen-bond acceptors (Lipinski definition) is 7. The summed E-state index contributed by atoms with van der Waals surface area (Å²) in [4.78, 5) is 26.6. The first-order valence-corrected chi connectivity index (χ1v) is 12.3. The van der Waals surface area contributed by atoms with Crippen molar-refractivity contribution in [1.29, 1.82) is 0 Å². The molecule has 5 N–H and O–H groups in total. The number of carbonyl (C=O) groups is 1. The van der Waals surface area contributed by atoms with Gasteiger partial charge in [-0.25, -0.2) is 9.37 Å². The standard InChI is InChI=1S/C27H30FN7O2/c1-4-15(2)35-11-9-16-13-22(37-3)21(12-17(16)14-35)32-27-33-25-18(8-10-30-25)26(34-27)31-20-7-5-6-19(28)23(20)24(29)36/h5-8,10,12-13,15H,4,9,11,14H2,1-3H3,(H2,29,36)(H3,30,31,32,33,34). The number of amides is 1. The summed E-state index contributed by atoms with van der Waals surface area (Å²) in [5.74, 6) is 0.485. The molecule has 3 aliphatic heterocycles. The first-order chi connectivity index (χ1) is 17.9. The van der Waals surface area contributed by atoms with E-state index in [0.717, 1.165) is 31.6 Å². The number of nitrogens with two attached hydrogens (primary N) is 1. The monoisotopic (exact) mass is 503 g/mol. The molecule has 0 spiro atoms. The van der Waals surface area contributed by atoms with Gasteiger partial charge in [0, 0.05) is 25.3 Å². The van der Waals surface area contributed by atoms with E-state index in [4.69, 9.17) is 10.5 Å². The molecule has 0 aliphatic carbocycles. The Kier molecular flexibility index (Phi) is 6.66. The number of halogens is 1. The number of primary amides is 1. The van der Waals surface area contributed by atoms with Crippen molar-refractivity contribution in [2.45, 2.75) is 39.3 Å². The Morgan fingerprint density at radius 3 is 2.84 bits per heavy atom. The number of hydrogen-bond donors (Lipinski definition) is 4. The van der Waals surface area contributed by atoms with Gasteiger partial charge in [0.25, 0.3) is 5.91 Å². The topological polar surface area (TPSA) is 121 Å². The van der Waals surface area contributed by atoms with Crippen molar-refractivity contribution in [1.82, 2.24) is 19.9 Å². The number of carbonyl (C=O) groups excluding carboxylic acids is 1. The molecule has 0 bridgehead atoms. The summed E-state index contributed by atoms with van der Waals surface area (Å²) in [6.07, 6.45) is 3.70. The molecule has 10 heteroatoms. The largest absolute Gasteiger partial charge is 0.495 e. The Labute approximate surface area is 214 Å². The predicted molar refractivity (Wildman–Crippen MR) is 141 cm³/mol. The van der Waals surface area contributed by atoms with Crippen LogP contribution < -0.4 is 21.1 Å². The molecule has 1 unspecified atom stereocenters. The summed E-state index contributed by atoms with van der Waals surface area (Å²) in [6, 6.07) is 10.7. The number of aromatic amines is 1. The zero-order valence-corrected chi connectivity index (χ0v) is 21.1. The molecule has 192 valence electrons. The molecule has 2 aromatic rings. The van der Waals surface area contributed by atoms with Gasteiger partial charge in [-0.1, -0.05) is 13.0 Å². The molecule has 0 radical (unpaired) electrons. The van der Waals surface area contributed by atoms with E-state index in [-0.39, 0.29) is 11.3 Å². The fourth-order valence-electron chi connectivity index (χ4n) is 4.74. The summed E-state index contributed by atoms with van der Waals surface area (Å²) in [5.41, 5.74) is 9.37. The third-order valence-electron chi connectivity index (χ3n) is 6.96. The first-order valence-electron chi connectivity index (χ1n) is 12.3. The van der Waals surface area contributed by atoms with Crippen molar-refractivity contribution < 1.29 is 13.9 Å². The Morgan fingerprint density at radius 1 is 1.24 bits per heavy atom. The van der Waals surface area contributed by atoms with Gasteiger partial charge >= 0.3 is 0 Å². The van der Waals surface area contributed by atoms with Crippen LogP contribution >= 0.6 is 0 Å². The van der Waals surface area contributed by atoms with Gasteiger partial charge < -0.3 is 26.1 Å². The van der Waals surface area contributed by atoms with Gasteiger partial charge in [-0.05, 0) is 61.2 Å². The van der Waals surface area contributed by atoms with Gasteiger partial charge in [-0.3, -0.25) is 9.69 Å². The Bertz CT molecular complexity index is 1420. The lowest BCUT2D eigenvalue weighted by Gasteiger charge is -2.33. The Morgan fingerprint density at radius 2 is 2.08 bits per heavy atom. The molecule has 1 atom stereocenters. The second-order valence-electron chi connectivity index (χ2n) is 9.22. The molecule has 1 amide bonds. The van der Waals surface area contributed by atoms with E-state index in [9.17, 15) is 9.18 Å². The molecule has 0 fully saturated rings.